The molecule has 21 heavy (non-hydrogen) atoms. The highest BCUT2D eigenvalue weighted by atomic mass is 32.2. The molecule has 2 atom stereocenters. The van der Waals surface area contributed by atoms with E-state index in [4.69, 9.17) is 0 Å². The lowest BCUT2D eigenvalue weighted by molar-refractivity contribution is -0.385. The largest absolute Gasteiger partial charge is 0.393 e. The smallest absolute Gasteiger partial charge is 0.272 e. The number of aliphatic hydroxyl groups excluding tert-OH is 1. The van der Waals surface area contributed by atoms with Gasteiger partial charge in [0, 0.05) is 12.6 Å². The molecule has 0 spiro atoms. The summed E-state index contributed by atoms with van der Waals surface area (Å²) in [5.41, 5.74) is -0.516. The van der Waals surface area contributed by atoms with Crippen LogP contribution in [-0.2, 0) is 10.0 Å². The van der Waals surface area contributed by atoms with Crippen molar-refractivity contribution in [2.75, 3.05) is 6.54 Å². The van der Waals surface area contributed by atoms with E-state index in [1.165, 1.54) is 0 Å². The van der Waals surface area contributed by atoms with Gasteiger partial charge in [-0.3, -0.25) is 10.1 Å². The van der Waals surface area contributed by atoms with Crippen molar-refractivity contribution >= 4 is 15.7 Å². The van der Waals surface area contributed by atoms with Gasteiger partial charge in [-0.1, -0.05) is 6.42 Å². The van der Waals surface area contributed by atoms with Crippen molar-refractivity contribution in [1.29, 1.82) is 0 Å². The molecule has 0 amide bonds. The standard InChI is InChI=1S/C12H15FN2O5S/c13-10-6-9(15(17)18)4-5-12(10)21(19,20)14-7-8-2-1-3-11(8)16/h4-6,8,11,14,16H,1-3,7H2. The van der Waals surface area contributed by atoms with Crippen molar-refractivity contribution in [2.45, 2.75) is 30.3 Å². The molecule has 1 aromatic rings. The molecule has 2 N–H and O–H groups in total. The maximum absolute atomic E-state index is 13.7. The summed E-state index contributed by atoms with van der Waals surface area (Å²) in [6, 6.07) is 2.36. The molecule has 0 saturated heterocycles. The van der Waals surface area contributed by atoms with Crippen molar-refractivity contribution in [1.82, 2.24) is 4.72 Å². The number of nitro groups is 1. The molecule has 1 aliphatic carbocycles. The van der Waals surface area contributed by atoms with Crippen LogP contribution in [0, 0.1) is 21.8 Å². The number of nitro benzene ring substituents is 1. The highest BCUT2D eigenvalue weighted by Gasteiger charge is 2.28. The Kier molecular flexibility index (Phi) is 4.55. The molecule has 9 heteroatoms. The van der Waals surface area contributed by atoms with Crippen LogP contribution in [0.3, 0.4) is 0 Å². The Morgan fingerprint density at radius 2 is 2.14 bits per heavy atom. The summed E-state index contributed by atoms with van der Waals surface area (Å²) in [6.07, 6.45) is 1.58. The van der Waals surface area contributed by atoms with Crippen LogP contribution in [-0.4, -0.2) is 31.1 Å². The topological polar surface area (TPSA) is 110 Å². The van der Waals surface area contributed by atoms with Crippen LogP contribution < -0.4 is 4.72 Å². The first-order valence-corrected chi connectivity index (χ1v) is 7.91. The summed E-state index contributed by atoms with van der Waals surface area (Å²) in [7, 11) is -4.10. The zero-order valence-corrected chi connectivity index (χ0v) is 11.8. The van der Waals surface area contributed by atoms with E-state index >= 15 is 0 Å². The SMILES string of the molecule is O=[N+]([O-])c1ccc(S(=O)(=O)NCC2CCCC2O)c(F)c1. The third-order valence-corrected chi connectivity index (χ3v) is 5.03. The fraction of sp³-hybridized carbons (Fsp3) is 0.500. The minimum absolute atomic E-state index is 0.0138. The van der Waals surface area contributed by atoms with E-state index in [2.05, 4.69) is 4.72 Å². The second-order valence-electron chi connectivity index (χ2n) is 4.98. The molecule has 0 aromatic heterocycles. The summed E-state index contributed by atoms with van der Waals surface area (Å²) in [5.74, 6) is -1.37. The van der Waals surface area contributed by atoms with Gasteiger partial charge in [0.05, 0.1) is 17.1 Å². The van der Waals surface area contributed by atoms with Gasteiger partial charge in [0.25, 0.3) is 5.69 Å². The maximum atomic E-state index is 13.7. The van der Waals surface area contributed by atoms with Crippen molar-refractivity contribution < 1.29 is 22.8 Å². The molecule has 2 unspecified atom stereocenters. The number of hydrogen-bond donors (Lipinski definition) is 2. The Hall–Kier alpha value is -1.58. The van der Waals surface area contributed by atoms with Crippen LogP contribution in [0.4, 0.5) is 10.1 Å². The number of nitrogens with zero attached hydrogens (tertiary/aromatic N) is 1. The third-order valence-electron chi connectivity index (χ3n) is 3.57. The normalized spacial score (nSPS) is 22.4. The molecule has 0 bridgehead atoms. The number of hydrogen-bond acceptors (Lipinski definition) is 5. The maximum Gasteiger partial charge on any atom is 0.272 e. The van der Waals surface area contributed by atoms with Crippen molar-refractivity contribution in [3.05, 3.63) is 34.1 Å². The van der Waals surface area contributed by atoms with Gasteiger partial charge in [0.1, 0.15) is 10.7 Å². The van der Waals surface area contributed by atoms with Crippen molar-refractivity contribution in [2.24, 2.45) is 5.92 Å². The van der Waals surface area contributed by atoms with Crippen LogP contribution in [0.15, 0.2) is 23.1 Å². The number of halogens is 1. The Morgan fingerprint density at radius 3 is 2.67 bits per heavy atom. The van der Waals surface area contributed by atoms with E-state index in [-0.39, 0.29) is 12.5 Å². The van der Waals surface area contributed by atoms with E-state index in [0.29, 0.717) is 18.9 Å². The Labute approximate surface area is 121 Å². The number of sulfonamides is 1. The first kappa shape index (κ1) is 15.8. The van der Waals surface area contributed by atoms with Crippen molar-refractivity contribution in [3.8, 4) is 0 Å². The number of non-ortho nitro benzene ring substituents is 1. The summed E-state index contributed by atoms with van der Waals surface area (Å²) in [6.45, 7) is 0.0138. The summed E-state index contributed by atoms with van der Waals surface area (Å²) < 4.78 is 39.9. The molecule has 2 rings (SSSR count). The van der Waals surface area contributed by atoms with Crippen molar-refractivity contribution in [3.63, 3.8) is 0 Å². The third kappa shape index (κ3) is 3.55. The lowest BCUT2D eigenvalue weighted by Gasteiger charge is -2.15. The summed E-state index contributed by atoms with van der Waals surface area (Å²) in [4.78, 5) is 9.05. The first-order valence-electron chi connectivity index (χ1n) is 6.43. The minimum atomic E-state index is -4.10. The molecular formula is C12H15FN2O5S. The minimum Gasteiger partial charge on any atom is -0.393 e. The first-order chi connectivity index (χ1) is 9.81. The molecule has 1 fully saturated rings. The molecule has 0 radical (unpaired) electrons. The number of nitrogens with one attached hydrogen (secondary N) is 1. The van der Waals surface area contributed by atoms with Gasteiger partial charge in [-0.05, 0) is 24.8 Å². The van der Waals surface area contributed by atoms with Gasteiger partial charge in [-0.25, -0.2) is 17.5 Å². The highest BCUT2D eigenvalue weighted by Crippen LogP contribution is 2.26. The number of rotatable bonds is 5. The van der Waals surface area contributed by atoms with Crippen LogP contribution in [0.1, 0.15) is 19.3 Å². The van der Waals surface area contributed by atoms with Gasteiger partial charge >= 0.3 is 0 Å². The zero-order valence-electron chi connectivity index (χ0n) is 11.0. The van der Waals surface area contributed by atoms with Crippen LogP contribution >= 0.6 is 0 Å². The highest BCUT2D eigenvalue weighted by molar-refractivity contribution is 7.89. The zero-order chi connectivity index (χ0) is 15.6. The van der Waals surface area contributed by atoms with Gasteiger partial charge in [-0.2, -0.15) is 0 Å². The molecule has 1 saturated carbocycles. The predicted octanol–water partition coefficient (Wildman–Crippen LogP) is 1.17. The van der Waals surface area contributed by atoms with E-state index in [9.17, 15) is 28.0 Å². The molecule has 1 aliphatic rings. The van der Waals surface area contributed by atoms with E-state index < -0.39 is 37.5 Å². The average Bonchev–Trinajstić information content (AvgIpc) is 2.81. The fourth-order valence-electron chi connectivity index (χ4n) is 2.37. The second-order valence-corrected chi connectivity index (χ2v) is 6.72. The number of aliphatic hydroxyl groups is 1. The van der Waals surface area contributed by atoms with Crippen LogP contribution in [0.5, 0.6) is 0 Å². The Balaban J connectivity index is 2.14. The molecule has 0 aliphatic heterocycles. The predicted molar refractivity (Wildman–Crippen MR) is 71.6 cm³/mol. The van der Waals surface area contributed by atoms with E-state index in [0.717, 1.165) is 18.6 Å². The second kappa shape index (κ2) is 6.04. The van der Waals surface area contributed by atoms with Crippen LogP contribution in [0.25, 0.3) is 0 Å². The summed E-state index contributed by atoms with van der Waals surface area (Å²) in [5, 5.41) is 20.1. The molecule has 116 valence electrons. The van der Waals surface area contributed by atoms with Crippen LogP contribution in [0.2, 0.25) is 0 Å². The van der Waals surface area contributed by atoms with Gasteiger partial charge in [-0.15, -0.1) is 0 Å². The van der Waals surface area contributed by atoms with E-state index in [1.54, 1.807) is 0 Å². The Morgan fingerprint density at radius 1 is 1.43 bits per heavy atom. The van der Waals surface area contributed by atoms with Gasteiger partial charge in [0.15, 0.2) is 0 Å². The lowest BCUT2D eigenvalue weighted by Crippen LogP contribution is -2.32. The quantitative estimate of drug-likeness (QED) is 0.625. The molecule has 0 heterocycles. The molecule has 7 nitrogen and oxygen atoms in total. The number of benzene rings is 1. The fourth-order valence-corrected chi connectivity index (χ4v) is 3.52. The monoisotopic (exact) mass is 318 g/mol. The van der Waals surface area contributed by atoms with Gasteiger partial charge in [0.2, 0.25) is 10.0 Å². The van der Waals surface area contributed by atoms with Gasteiger partial charge < -0.3 is 5.11 Å². The lowest BCUT2D eigenvalue weighted by atomic mass is 10.1. The molecular weight excluding hydrogens is 303 g/mol. The Bertz CT molecular complexity index is 649. The average molecular weight is 318 g/mol. The molecule has 1 aromatic carbocycles. The van der Waals surface area contributed by atoms with E-state index in [1.807, 2.05) is 0 Å². The summed E-state index contributed by atoms with van der Waals surface area (Å²) >= 11 is 0.